The molecule has 0 unspecified atom stereocenters. The zero-order chi connectivity index (χ0) is 11.6. The van der Waals surface area contributed by atoms with Crippen molar-refractivity contribution in [3.63, 3.8) is 0 Å². The highest BCUT2D eigenvalue weighted by molar-refractivity contribution is 5.90. The van der Waals surface area contributed by atoms with Crippen molar-refractivity contribution in [2.45, 2.75) is 39.5 Å². The van der Waals surface area contributed by atoms with Gasteiger partial charge in [0.2, 0.25) is 0 Å². The van der Waals surface area contributed by atoms with Crippen molar-refractivity contribution in [3.05, 3.63) is 11.6 Å². The summed E-state index contributed by atoms with van der Waals surface area (Å²) in [6.45, 7) is 5.67. The van der Waals surface area contributed by atoms with Crippen LogP contribution < -0.4 is 0 Å². The Balaban J connectivity index is 4.69. The largest absolute Gasteiger partial charge is 0.456 e. The topological polar surface area (TPSA) is 26.3 Å². The summed E-state index contributed by atoms with van der Waals surface area (Å²) in [5.41, 5.74) is -2.19. The highest BCUT2D eigenvalue weighted by Crippen LogP contribution is 2.27. The summed E-state index contributed by atoms with van der Waals surface area (Å²) in [4.78, 5) is 11.0. The van der Waals surface area contributed by atoms with Gasteiger partial charge in [-0.3, -0.25) is 0 Å². The second kappa shape index (κ2) is 4.02. The lowest BCUT2D eigenvalue weighted by molar-refractivity contribution is -0.160. The molecule has 0 aromatic carbocycles. The monoisotopic (exact) mass is 210 g/mol. The first-order chi connectivity index (χ1) is 6.08. The molecular formula is C9H13F3O2. The number of alkyl halides is 3. The normalized spacial score (nSPS) is 14.1. The Labute approximate surface area is 80.7 Å². The van der Waals surface area contributed by atoms with Gasteiger partial charge in [-0.1, -0.05) is 6.08 Å². The Morgan fingerprint density at radius 3 is 1.86 bits per heavy atom. The standard InChI is InChI=1S/C9H13F3O2/c1-5-6(9(10,11)12)7(13)14-8(2,3)4/h5H,1-4H3/b6-5-. The lowest BCUT2D eigenvalue weighted by Crippen LogP contribution is -2.29. The van der Waals surface area contributed by atoms with E-state index in [2.05, 4.69) is 4.74 Å². The van der Waals surface area contributed by atoms with E-state index in [1.54, 1.807) is 0 Å². The molecule has 0 saturated carbocycles. The van der Waals surface area contributed by atoms with Gasteiger partial charge in [0.05, 0.1) is 0 Å². The molecule has 0 aliphatic carbocycles. The molecular weight excluding hydrogens is 197 g/mol. The van der Waals surface area contributed by atoms with Gasteiger partial charge < -0.3 is 4.74 Å². The van der Waals surface area contributed by atoms with Crippen LogP contribution in [0.2, 0.25) is 0 Å². The fourth-order valence-corrected chi connectivity index (χ4v) is 0.730. The van der Waals surface area contributed by atoms with Crippen molar-refractivity contribution in [1.29, 1.82) is 0 Å². The van der Waals surface area contributed by atoms with Crippen LogP contribution in [-0.4, -0.2) is 17.7 Å². The molecule has 0 bridgehead atoms. The maximum Gasteiger partial charge on any atom is 0.423 e. The van der Waals surface area contributed by atoms with E-state index >= 15 is 0 Å². The van der Waals surface area contributed by atoms with Crippen LogP contribution in [0.1, 0.15) is 27.7 Å². The van der Waals surface area contributed by atoms with E-state index < -0.39 is 23.3 Å². The van der Waals surface area contributed by atoms with Gasteiger partial charge in [0, 0.05) is 0 Å². The average molecular weight is 210 g/mol. The second-order valence-corrected chi connectivity index (χ2v) is 3.70. The summed E-state index contributed by atoms with van der Waals surface area (Å²) in [7, 11) is 0. The SMILES string of the molecule is C/C=C(/C(=O)OC(C)(C)C)C(F)(F)F. The van der Waals surface area contributed by atoms with Crippen molar-refractivity contribution in [1.82, 2.24) is 0 Å². The average Bonchev–Trinajstić information content (AvgIpc) is 1.79. The summed E-state index contributed by atoms with van der Waals surface area (Å²) in [6.07, 6.45) is -3.95. The first-order valence-electron chi connectivity index (χ1n) is 4.05. The molecule has 0 atom stereocenters. The molecule has 0 spiro atoms. The van der Waals surface area contributed by atoms with Gasteiger partial charge in [0.15, 0.2) is 0 Å². The Morgan fingerprint density at radius 2 is 1.64 bits per heavy atom. The molecule has 0 aliphatic heterocycles. The van der Waals surface area contributed by atoms with E-state index in [0.717, 1.165) is 6.92 Å². The molecule has 0 aromatic heterocycles. The first-order valence-corrected chi connectivity index (χ1v) is 4.05. The van der Waals surface area contributed by atoms with E-state index in [0.29, 0.717) is 6.08 Å². The number of hydrogen-bond donors (Lipinski definition) is 0. The maximum absolute atomic E-state index is 12.2. The minimum absolute atomic E-state index is 0.702. The predicted molar refractivity (Wildman–Crippen MR) is 45.7 cm³/mol. The Kier molecular flexibility index (Phi) is 3.73. The lowest BCUT2D eigenvalue weighted by atomic mass is 10.2. The number of esters is 1. The summed E-state index contributed by atoms with van der Waals surface area (Å²) in [6, 6.07) is 0. The third-order valence-corrected chi connectivity index (χ3v) is 1.21. The van der Waals surface area contributed by atoms with Crippen LogP contribution in [0, 0.1) is 0 Å². The highest BCUT2D eigenvalue weighted by Gasteiger charge is 2.40. The van der Waals surface area contributed by atoms with Crippen LogP contribution in [0.4, 0.5) is 13.2 Å². The molecule has 0 radical (unpaired) electrons. The van der Waals surface area contributed by atoms with E-state index in [1.807, 2.05) is 0 Å². The van der Waals surface area contributed by atoms with Gasteiger partial charge >= 0.3 is 12.1 Å². The molecule has 0 N–H and O–H groups in total. The fraction of sp³-hybridized carbons (Fsp3) is 0.667. The molecule has 0 heterocycles. The van der Waals surface area contributed by atoms with Crippen LogP contribution in [0.5, 0.6) is 0 Å². The predicted octanol–water partition coefficient (Wildman–Crippen LogP) is 2.84. The Bertz CT molecular complexity index is 246. The van der Waals surface area contributed by atoms with Crippen molar-refractivity contribution >= 4 is 5.97 Å². The molecule has 14 heavy (non-hydrogen) atoms. The van der Waals surface area contributed by atoms with Crippen LogP contribution in [-0.2, 0) is 9.53 Å². The molecule has 0 fully saturated rings. The summed E-state index contributed by atoms with van der Waals surface area (Å²) in [5, 5.41) is 0. The second-order valence-electron chi connectivity index (χ2n) is 3.70. The lowest BCUT2D eigenvalue weighted by Gasteiger charge is -2.21. The quantitative estimate of drug-likeness (QED) is 0.491. The van der Waals surface area contributed by atoms with E-state index in [4.69, 9.17) is 0 Å². The molecule has 0 amide bonds. The number of carbonyl (C=O) groups excluding carboxylic acids is 1. The number of halogens is 3. The summed E-state index contributed by atoms with van der Waals surface area (Å²) >= 11 is 0. The van der Waals surface area contributed by atoms with Crippen LogP contribution >= 0.6 is 0 Å². The fourth-order valence-electron chi connectivity index (χ4n) is 0.730. The molecule has 0 aromatic rings. The zero-order valence-electron chi connectivity index (χ0n) is 8.53. The van der Waals surface area contributed by atoms with Crippen molar-refractivity contribution in [2.75, 3.05) is 0 Å². The van der Waals surface area contributed by atoms with Crippen molar-refractivity contribution in [3.8, 4) is 0 Å². The van der Waals surface area contributed by atoms with Gasteiger partial charge in [-0.05, 0) is 27.7 Å². The molecule has 0 aliphatic rings. The summed E-state index contributed by atoms with van der Waals surface area (Å²) < 4.78 is 41.1. The van der Waals surface area contributed by atoms with Gasteiger partial charge in [0.25, 0.3) is 0 Å². The summed E-state index contributed by atoms with van der Waals surface area (Å²) in [5.74, 6) is -1.34. The number of carbonyl (C=O) groups is 1. The van der Waals surface area contributed by atoms with Gasteiger partial charge in [-0.2, -0.15) is 13.2 Å². The maximum atomic E-state index is 12.2. The zero-order valence-corrected chi connectivity index (χ0v) is 8.53. The number of rotatable bonds is 1. The molecule has 0 saturated heterocycles. The molecule has 82 valence electrons. The van der Waals surface area contributed by atoms with E-state index in [1.165, 1.54) is 20.8 Å². The van der Waals surface area contributed by atoms with Gasteiger partial charge in [-0.15, -0.1) is 0 Å². The third-order valence-electron chi connectivity index (χ3n) is 1.21. The first kappa shape index (κ1) is 13.0. The van der Waals surface area contributed by atoms with Crippen molar-refractivity contribution in [2.24, 2.45) is 0 Å². The Morgan fingerprint density at radius 1 is 1.21 bits per heavy atom. The number of allylic oxidation sites excluding steroid dienone is 1. The van der Waals surface area contributed by atoms with Crippen molar-refractivity contribution < 1.29 is 22.7 Å². The minimum Gasteiger partial charge on any atom is -0.456 e. The third kappa shape index (κ3) is 4.30. The highest BCUT2D eigenvalue weighted by atomic mass is 19.4. The minimum atomic E-state index is -4.66. The van der Waals surface area contributed by atoms with Crippen LogP contribution in [0.15, 0.2) is 11.6 Å². The van der Waals surface area contributed by atoms with Gasteiger partial charge in [-0.25, -0.2) is 4.79 Å². The van der Waals surface area contributed by atoms with E-state index in [9.17, 15) is 18.0 Å². The smallest absolute Gasteiger partial charge is 0.423 e. The van der Waals surface area contributed by atoms with Crippen LogP contribution in [0.25, 0.3) is 0 Å². The number of hydrogen-bond acceptors (Lipinski definition) is 2. The molecule has 5 heteroatoms. The molecule has 0 rings (SSSR count). The van der Waals surface area contributed by atoms with E-state index in [-0.39, 0.29) is 0 Å². The number of ether oxygens (including phenoxy) is 1. The van der Waals surface area contributed by atoms with Gasteiger partial charge in [0.1, 0.15) is 11.2 Å². The van der Waals surface area contributed by atoms with Crippen LogP contribution in [0.3, 0.4) is 0 Å². The molecule has 2 nitrogen and oxygen atoms in total. The Hall–Kier alpha value is -1.00.